The van der Waals surface area contributed by atoms with Gasteiger partial charge in [0.2, 0.25) is 0 Å². The van der Waals surface area contributed by atoms with E-state index in [4.69, 9.17) is 5.73 Å². The summed E-state index contributed by atoms with van der Waals surface area (Å²) in [5.41, 5.74) is 10.3. The number of hydrogen-bond acceptors (Lipinski definition) is 3. The molecule has 2 rings (SSSR count). The third kappa shape index (κ3) is 1.81. The summed E-state index contributed by atoms with van der Waals surface area (Å²) < 4.78 is 12.6. The Morgan fingerprint density at radius 2 is 2.07 bits per heavy atom. The molecule has 0 aliphatic carbocycles. The molecule has 0 spiro atoms. The Kier molecular flexibility index (Phi) is 2.56. The molecule has 0 saturated heterocycles. The molecule has 14 heavy (non-hydrogen) atoms. The molecule has 1 aromatic carbocycles. The van der Waals surface area contributed by atoms with Crippen molar-refractivity contribution in [2.24, 2.45) is 5.73 Å². The molecule has 2 nitrogen and oxygen atoms in total. The van der Waals surface area contributed by atoms with Crippen LogP contribution in [0.2, 0.25) is 0 Å². The van der Waals surface area contributed by atoms with E-state index in [1.54, 1.807) is 12.1 Å². The molecule has 0 bridgehead atoms. The summed E-state index contributed by atoms with van der Waals surface area (Å²) in [6.07, 6.45) is 0. The van der Waals surface area contributed by atoms with E-state index in [9.17, 15) is 4.39 Å². The van der Waals surface area contributed by atoms with Crippen LogP contribution in [-0.4, -0.2) is 4.98 Å². The minimum Gasteiger partial charge on any atom is -0.319 e. The van der Waals surface area contributed by atoms with Crippen molar-refractivity contribution < 1.29 is 4.39 Å². The van der Waals surface area contributed by atoms with Gasteiger partial charge >= 0.3 is 0 Å². The summed E-state index contributed by atoms with van der Waals surface area (Å²) in [6.45, 7) is 0. The Morgan fingerprint density at radius 3 is 2.64 bits per heavy atom. The van der Waals surface area contributed by atoms with Gasteiger partial charge in [-0.25, -0.2) is 9.37 Å². The number of halogens is 1. The normalized spacial score (nSPS) is 12.7. The molecule has 1 unspecified atom stereocenters. The Balaban J connectivity index is 2.28. The third-order valence-electron chi connectivity index (χ3n) is 1.95. The molecule has 0 fully saturated rings. The topological polar surface area (TPSA) is 38.9 Å². The second-order valence-corrected chi connectivity index (χ2v) is 3.55. The van der Waals surface area contributed by atoms with Crippen LogP contribution in [0.5, 0.6) is 0 Å². The molecule has 1 radical (unpaired) electrons. The lowest BCUT2D eigenvalue weighted by atomic mass is 10.1. The monoisotopic (exact) mass is 207 g/mol. The fraction of sp³-hybridized carbons (Fsp3) is 0.100. The summed E-state index contributed by atoms with van der Waals surface area (Å²) in [5, 5.41) is 1.84. The minimum absolute atomic E-state index is 0.259. The van der Waals surface area contributed by atoms with Gasteiger partial charge in [-0.3, -0.25) is 0 Å². The van der Waals surface area contributed by atoms with E-state index in [1.165, 1.54) is 23.5 Å². The Bertz CT molecular complexity index is 397. The van der Waals surface area contributed by atoms with Gasteiger partial charge in [-0.1, -0.05) is 12.1 Å². The van der Waals surface area contributed by atoms with Crippen molar-refractivity contribution in [3.63, 3.8) is 0 Å². The van der Waals surface area contributed by atoms with Crippen molar-refractivity contribution in [2.75, 3.05) is 0 Å². The summed E-state index contributed by atoms with van der Waals surface area (Å²) >= 11 is 1.38. The van der Waals surface area contributed by atoms with Crippen LogP contribution in [0.3, 0.4) is 0 Å². The van der Waals surface area contributed by atoms with E-state index >= 15 is 0 Å². The maximum absolute atomic E-state index is 12.6. The molecule has 2 aromatic rings. The van der Waals surface area contributed by atoms with Gasteiger partial charge in [0.05, 0.1) is 11.7 Å². The van der Waals surface area contributed by atoms with Gasteiger partial charge in [-0.2, -0.15) is 0 Å². The number of nitrogens with two attached hydrogens (primary N) is 1. The van der Waals surface area contributed by atoms with E-state index in [0.717, 1.165) is 11.3 Å². The zero-order chi connectivity index (χ0) is 9.97. The van der Waals surface area contributed by atoms with Crippen molar-refractivity contribution >= 4 is 11.3 Å². The van der Waals surface area contributed by atoms with E-state index in [0.29, 0.717) is 0 Å². The molecule has 0 aliphatic heterocycles. The van der Waals surface area contributed by atoms with Gasteiger partial charge in [-0.15, -0.1) is 11.3 Å². The summed E-state index contributed by atoms with van der Waals surface area (Å²) in [5.74, 6) is -0.259. The van der Waals surface area contributed by atoms with E-state index in [2.05, 4.69) is 10.5 Å². The molecule has 0 aliphatic rings. The molecular weight excluding hydrogens is 199 g/mol. The molecule has 71 valence electrons. The van der Waals surface area contributed by atoms with Gasteiger partial charge in [-0.05, 0) is 17.7 Å². The van der Waals surface area contributed by atoms with E-state index < -0.39 is 0 Å². The molecule has 1 atom stereocenters. The van der Waals surface area contributed by atoms with Gasteiger partial charge in [0.25, 0.3) is 0 Å². The zero-order valence-electron chi connectivity index (χ0n) is 7.27. The Labute approximate surface area is 85.2 Å². The second-order valence-electron chi connectivity index (χ2n) is 2.89. The summed E-state index contributed by atoms with van der Waals surface area (Å²) in [6, 6.07) is 5.83. The van der Waals surface area contributed by atoms with Gasteiger partial charge in [0, 0.05) is 5.38 Å². The highest BCUT2D eigenvalue weighted by Gasteiger charge is 2.10. The van der Waals surface area contributed by atoms with Crippen molar-refractivity contribution in [1.82, 2.24) is 4.98 Å². The maximum atomic E-state index is 12.6. The van der Waals surface area contributed by atoms with Crippen molar-refractivity contribution in [3.05, 3.63) is 52.2 Å². The van der Waals surface area contributed by atoms with E-state index in [-0.39, 0.29) is 11.9 Å². The van der Waals surface area contributed by atoms with Crippen LogP contribution in [0.25, 0.3) is 0 Å². The summed E-state index contributed by atoms with van der Waals surface area (Å²) in [4.78, 5) is 3.99. The summed E-state index contributed by atoms with van der Waals surface area (Å²) in [7, 11) is 0. The number of thiazole rings is 1. The van der Waals surface area contributed by atoms with Crippen LogP contribution in [0.4, 0.5) is 4.39 Å². The highest BCUT2D eigenvalue weighted by molar-refractivity contribution is 7.07. The van der Waals surface area contributed by atoms with Crippen LogP contribution < -0.4 is 5.73 Å². The van der Waals surface area contributed by atoms with Gasteiger partial charge in [0.1, 0.15) is 5.82 Å². The second kappa shape index (κ2) is 3.86. The lowest BCUT2D eigenvalue weighted by molar-refractivity contribution is 0.626. The minimum atomic E-state index is -0.293. The van der Waals surface area contributed by atoms with Crippen LogP contribution in [0, 0.1) is 11.3 Å². The Hall–Kier alpha value is -1.26. The van der Waals surface area contributed by atoms with Crippen molar-refractivity contribution in [3.8, 4) is 0 Å². The van der Waals surface area contributed by atoms with Gasteiger partial charge in [0.15, 0.2) is 5.51 Å². The zero-order valence-corrected chi connectivity index (χ0v) is 8.09. The molecule has 4 heteroatoms. The van der Waals surface area contributed by atoms with Crippen LogP contribution >= 0.6 is 11.3 Å². The standard InChI is InChI=1S/C10H8FN2S/c11-8-3-1-7(2-4-8)10(12)9-5-14-6-13-9/h1-5,10H,12H2. The number of nitrogens with zero attached hydrogens (tertiary/aromatic N) is 1. The first kappa shape index (κ1) is 9.30. The molecule has 2 N–H and O–H groups in total. The molecule has 0 amide bonds. The van der Waals surface area contributed by atoms with Crippen molar-refractivity contribution in [2.45, 2.75) is 6.04 Å². The highest BCUT2D eigenvalue weighted by Crippen LogP contribution is 2.18. The number of benzene rings is 1. The number of rotatable bonds is 2. The lowest BCUT2D eigenvalue weighted by Gasteiger charge is -2.08. The molecule has 1 heterocycles. The molecular formula is C10H8FN2S. The maximum Gasteiger partial charge on any atom is 0.152 e. The fourth-order valence-corrected chi connectivity index (χ4v) is 1.71. The van der Waals surface area contributed by atoms with Crippen molar-refractivity contribution in [1.29, 1.82) is 0 Å². The average Bonchev–Trinajstić information content (AvgIpc) is 2.71. The molecule has 1 aromatic heterocycles. The predicted molar refractivity (Wildman–Crippen MR) is 53.4 cm³/mol. The van der Waals surface area contributed by atoms with Crippen LogP contribution in [-0.2, 0) is 0 Å². The number of aromatic nitrogens is 1. The van der Waals surface area contributed by atoms with Crippen LogP contribution in [0.1, 0.15) is 17.3 Å². The third-order valence-corrected chi connectivity index (χ3v) is 2.51. The van der Waals surface area contributed by atoms with Gasteiger partial charge < -0.3 is 5.73 Å². The van der Waals surface area contributed by atoms with Crippen LogP contribution in [0.15, 0.2) is 29.6 Å². The first-order chi connectivity index (χ1) is 6.77. The predicted octanol–water partition coefficient (Wildman–Crippen LogP) is 2.13. The average molecular weight is 207 g/mol. The fourth-order valence-electron chi connectivity index (χ4n) is 1.18. The lowest BCUT2D eigenvalue weighted by Crippen LogP contribution is -2.11. The quantitative estimate of drug-likeness (QED) is 0.819. The first-order valence-electron chi connectivity index (χ1n) is 4.10. The SMILES string of the molecule is NC(c1ccc(F)cc1)c1cs[c]n1. The van der Waals surface area contributed by atoms with E-state index in [1.807, 2.05) is 5.38 Å². The smallest absolute Gasteiger partial charge is 0.152 e. The number of hydrogen-bond donors (Lipinski definition) is 1. The first-order valence-corrected chi connectivity index (χ1v) is 4.98. The largest absolute Gasteiger partial charge is 0.319 e. The highest BCUT2D eigenvalue weighted by atomic mass is 32.1. The Morgan fingerprint density at radius 1 is 1.36 bits per heavy atom. The molecule has 0 saturated carbocycles.